The Bertz CT molecular complexity index is 734. The van der Waals surface area contributed by atoms with Crippen molar-refractivity contribution in [1.82, 2.24) is 5.32 Å². The Kier molecular flexibility index (Phi) is 6.31. The maximum absolute atomic E-state index is 13.2. The van der Waals surface area contributed by atoms with E-state index in [-0.39, 0.29) is 5.56 Å². The van der Waals surface area contributed by atoms with Gasteiger partial charge in [-0.25, -0.2) is 9.18 Å². The van der Waals surface area contributed by atoms with Crippen LogP contribution in [0, 0.1) is 5.82 Å². The van der Waals surface area contributed by atoms with E-state index in [1.807, 2.05) is 12.1 Å². The minimum absolute atomic E-state index is 0.0259. The Morgan fingerprint density at radius 1 is 1.17 bits per heavy atom. The molecule has 0 aliphatic carbocycles. The molecule has 0 aliphatic heterocycles. The highest BCUT2D eigenvalue weighted by atomic mass is 79.9. The fourth-order valence-electron chi connectivity index (χ4n) is 1.86. The Morgan fingerprint density at radius 2 is 1.88 bits per heavy atom. The molecule has 2 aromatic rings. The minimum Gasteiger partial charge on any atom is -0.497 e. The Labute approximate surface area is 146 Å². The Balaban J connectivity index is 1.82. The number of halogens is 2. The van der Waals surface area contributed by atoms with Crippen LogP contribution in [0.25, 0.3) is 0 Å². The number of nitrogens with one attached hydrogen (secondary N) is 1. The van der Waals surface area contributed by atoms with Gasteiger partial charge in [-0.3, -0.25) is 4.79 Å². The summed E-state index contributed by atoms with van der Waals surface area (Å²) in [5.41, 5.74) is 0.904. The topological polar surface area (TPSA) is 64.6 Å². The molecule has 1 amide bonds. The van der Waals surface area contributed by atoms with Crippen molar-refractivity contribution in [1.29, 1.82) is 0 Å². The SMILES string of the molecule is COc1ccc(CNC(=O)COC(=O)c2cc(F)ccc2Br)cc1. The normalized spacial score (nSPS) is 10.1. The summed E-state index contributed by atoms with van der Waals surface area (Å²) in [5.74, 6) is -1.07. The zero-order chi connectivity index (χ0) is 17.5. The van der Waals surface area contributed by atoms with Crippen molar-refractivity contribution in [3.05, 3.63) is 63.9 Å². The molecule has 0 aromatic heterocycles. The molecule has 7 heteroatoms. The van der Waals surface area contributed by atoms with Crippen molar-refractivity contribution in [2.24, 2.45) is 0 Å². The molecule has 0 bridgehead atoms. The lowest BCUT2D eigenvalue weighted by atomic mass is 10.2. The van der Waals surface area contributed by atoms with E-state index >= 15 is 0 Å². The van der Waals surface area contributed by atoms with E-state index in [9.17, 15) is 14.0 Å². The van der Waals surface area contributed by atoms with Gasteiger partial charge in [0, 0.05) is 11.0 Å². The van der Waals surface area contributed by atoms with E-state index in [1.165, 1.54) is 12.1 Å². The van der Waals surface area contributed by atoms with E-state index in [0.717, 1.165) is 17.4 Å². The van der Waals surface area contributed by atoms with Gasteiger partial charge in [-0.1, -0.05) is 12.1 Å². The molecule has 0 radical (unpaired) electrons. The molecule has 24 heavy (non-hydrogen) atoms. The molecule has 0 unspecified atom stereocenters. The van der Waals surface area contributed by atoms with E-state index in [1.54, 1.807) is 19.2 Å². The molecule has 0 saturated carbocycles. The van der Waals surface area contributed by atoms with Gasteiger partial charge >= 0.3 is 5.97 Å². The fourth-order valence-corrected chi connectivity index (χ4v) is 2.27. The average molecular weight is 396 g/mol. The molecule has 0 saturated heterocycles. The molecule has 2 aromatic carbocycles. The van der Waals surface area contributed by atoms with Crippen LogP contribution in [0.1, 0.15) is 15.9 Å². The maximum Gasteiger partial charge on any atom is 0.339 e. The van der Waals surface area contributed by atoms with Gasteiger partial charge in [0.15, 0.2) is 6.61 Å². The molecule has 0 spiro atoms. The summed E-state index contributed by atoms with van der Waals surface area (Å²) >= 11 is 3.13. The number of benzene rings is 2. The zero-order valence-corrected chi connectivity index (χ0v) is 14.4. The average Bonchev–Trinajstić information content (AvgIpc) is 2.60. The quantitative estimate of drug-likeness (QED) is 0.763. The molecule has 5 nitrogen and oxygen atoms in total. The number of hydrogen-bond donors (Lipinski definition) is 1. The van der Waals surface area contributed by atoms with E-state index in [0.29, 0.717) is 11.0 Å². The highest BCUT2D eigenvalue weighted by molar-refractivity contribution is 9.10. The molecule has 2 rings (SSSR count). The third-order valence-electron chi connectivity index (χ3n) is 3.13. The summed E-state index contributed by atoms with van der Waals surface area (Å²) in [6.45, 7) is -0.151. The van der Waals surface area contributed by atoms with Gasteiger partial charge < -0.3 is 14.8 Å². The van der Waals surface area contributed by atoms with Crippen molar-refractivity contribution in [3.63, 3.8) is 0 Å². The van der Waals surface area contributed by atoms with Gasteiger partial charge in [-0.05, 0) is 51.8 Å². The van der Waals surface area contributed by atoms with Gasteiger partial charge in [0.1, 0.15) is 11.6 Å². The van der Waals surface area contributed by atoms with Crippen molar-refractivity contribution in [2.45, 2.75) is 6.54 Å². The number of ether oxygens (including phenoxy) is 2. The first-order chi connectivity index (χ1) is 11.5. The largest absolute Gasteiger partial charge is 0.497 e. The Hall–Kier alpha value is -2.41. The second kappa shape index (κ2) is 8.44. The predicted molar refractivity (Wildman–Crippen MR) is 89.2 cm³/mol. The highest BCUT2D eigenvalue weighted by Gasteiger charge is 2.14. The number of esters is 1. The molecule has 0 fully saturated rings. The maximum atomic E-state index is 13.2. The number of hydrogen-bond acceptors (Lipinski definition) is 4. The van der Waals surface area contributed by atoms with Gasteiger partial charge in [0.25, 0.3) is 5.91 Å². The van der Waals surface area contributed by atoms with Crippen molar-refractivity contribution >= 4 is 27.8 Å². The molecule has 0 aliphatic rings. The van der Waals surface area contributed by atoms with Crippen LogP contribution in [0.4, 0.5) is 4.39 Å². The fraction of sp³-hybridized carbons (Fsp3) is 0.176. The number of amides is 1. The summed E-state index contributed by atoms with van der Waals surface area (Å²) in [6, 6.07) is 10.8. The second-order valence-electron chi connectivity index (χ2n) is 4.83. The molecule has 126 valence electrons. The Morgan fingerprint density at radius 3 is 2.54 bits per heavy atom. The van der Waals surface area contributed by atoms with Crippen LogP contribution >= 0.6 is 15.9 Å². The third-order valence-corrected chi connectivity index (χ3v) is 3.82. The van der Waals surface area contributed by atoms with Crippen LogP contribution in [0.5, 0.6) is 5.75 Å². The van der Waals surface area contributed by atoms with Crippen LogP contribution in [0.3, 0.4) is 0 Å². The minimum atomic E-state index is -0.777. The van der Waals surface area contributed by atoms with Crippen LogP contribution in [0.15, 0.2) is 46.9 Å². The predicted octanol–water partition coefficient (Wildman–Crippen LogP) is 3.07. The third kappa shape index (κ3) is 5.06. The standard InChI is InChI=1S/C17H15BrFNO4/c1-23-13-5-2-11(3-6-13)9-20-16(21)10-24-17(22)14-8-12(19)4-7-15(14)18/h2-8H,9-10H2,1H3,(H,20,21). The summed E-state index contributed by atoms with van der Waals surface area (Å²) in [4.78, 5) is 23.6. The molecular weight excluding hydrogens is 381 g/mol. The zero-order valence-electron chi connectivity index (χ0n) is 12.8. The highest BCUT2D eigenvalue weighted by Crippen LogP contribution is 2.18. The van der Waals surface area contributed by atoms with Crippen LogP contribution in [-0.2, 0) is 16.1 Å². The van der Waals surface area contributed by atoms with Crippen molar-refractivity contribution < 1.29 is 23.5 Å². The van der Waals surface area contributed by atoms with Gasteiger partial charge in [0.2, 0.25) is 0 Å². The number of methoxy groups -OCH3 is 1. The number of carbonyl (C=O) groups excluding carboxylic acids is 2. The first kappa shape index (κ1) is 17.9. The van der Waals surface area contributed by atoms with Crippen LogP contribution in [0.2, 0.25) is 0 Å². The lowest BCUT2D eigenvalue weighted by molar-refractivity contribution is -0.124. The lowest BCUT2D eigenvalue weighted by Gasteiger charge is -2.08. The van der Waals surface area contributed by atoms with Gasteiger partial charge in [-0.2, -0.15) is 0 Å². The second-order valence-corrected chi connectivity index (χ2v) is 5.68. The first-order valence-corrected chi connectivity index (χ1v) is 7.80. The van der Waals surface area contributed by atoms with E-state index in [4.69, 9.17) is 9.47 Å². The molecule has 0 heterocycles. The van der Waals surface area contributed by atoms with Gasteiger partial charge in [0.05, 0.1) is 12.7 Å². The number of rotatable bonds is 6. The summed E-state index contributed by atoms with van der Waals surface area (Å²) in [7, 11) is 1.57. The monoisotopic (exact) mass is 395 g/mol. The van der Waals surface area contributed by atoms with Crippen molar-refractivity contribution in [3.8, 4) is 5.75 Å². The molecular formula is C17H15BrFNO4. The summed E-state index contributed by atoms with van der Waals surface area (Å²) < 4.78 is 23.5. The summed E-state index contributed by atoms with van der Waals surface area (Å²) in [5, 5.41) is 2.63. The van der Waals surface area contributed by atoms with Crippen LogP contribution in [-0.4, -0.2) is 25.6 Å². The summed E-state index contributed by atoms with van der Waals surface area (Å²) in [6.07, 6.45) is 0. The van der Waals surface area contributed by atoms with Crippen LogP contribution < -0.4 is 10.1 Å². The van der Waals surface area contributed by atoms with Crippen molar-refractivity contribution in [2.75, 3.05) is 13.7 Å². The van der Waals surface area contributed by atoms with E-state index < -0.39 is 24.3 Å². The lowest BCUT2D eigenvalue weighted by Crippen LogP contribution is -2.28. The molecule has 1 N–H and O–H groups in total. The first-order valence-electron chi connectivity index (χ1n) is 7.01. The van der Waals surface area contributed by atoms with Gasteiger partial charge in [-0.15, -0.1) is 0 Å². The van der Waals surface area contributed by atoms with E-state index in [2.05, 4.69) is 21.2 Å². The molecule has 0 atom stereocenters. The number of carbonyl (C=O) groups is 2. The smallest absolute Gasteiger partial charge is 0.339 e.